The van der Waals surface area contributed by atoms with Crippen LogP contribution < -0.4 is 0 Å². The third kappa shape index (κ3) is 2.06. The Morgan fingerprint density at radius 1 is 1.22 bits per heavy atom. The van der Waals surface area contributed by atoms with E-state index in [1.807, 2.05) is 18.2 Å². The average molecular weight is 332 g/mol. The molecule has 0 bridgehead atoms. The lowest BCUT2D eigenvalue weighted by atomic mass is 10.1. The Morgan fingerprint density at radius 2 is 1.91 bits per heavy atom. The molecule has 0 spiro atoms. The predicted molar refractivity (Wildman–Crippen MR) is 85.6 cm³/mol. The molecule has 2 atom stereocenters. The lowest BCUT2D eigenvalue weighted by Gasteiger charge is -2.21. The van der Waals surface area contributed by atoms with Gasteiger partial charge in [0.2, 0.25) is 10.0 Å². The van der Waals surface area contributed by atoms with Crippen LogP contribution in [0.3, 0.4) is 0 Å². The summed E-state index contributed by atoms with van der Waals surface area (Å²) in [5.74, 6) is 1.60. The number of piperidine rings is 1. The maximum absolute atomic E-state index is 12.9. The molecule has 2 aliphatic rings. The lowest BCUT2D eigenvalue weighted by Crippen LogP contribution is -2.33. The van der Waals surface area contributed by atoms with Gasteiger partial charge in [0.15, 0.2) is 5.82 Å². The SMILES string of the molecule is Cc1c(S(=O)(=O)N2CC3C(C2)C3(C)C)cnn1-c1ccccn1. The highest BCUT2D eigenvalue weighted by molar-refractivity contribution is 7.89. The van der Waals surface area contributed by atoms with Crippen molar-refractivity contribution in [2.45, 2.75) is 25.7 Å². The number of rotatable bonds is 3. The number of fused-ring (bicyclic) bond motifs is 1. The van der Waals surface area contributed by atoms with Gasteiger partial charge in [0.1, 0.15) is 4.90 Å². The van der Waals surface area contributed by atoms with Crippen LogP contribution >= 0.6 is 0 Å². The zero-order valence-electron chi connectivity index (χ0n) is 13.5. The molecule has 4 rings (SSSR count). The van der Waals surface area contributed by atoms with Crippen molar-refractivity contribution in [2.75, 3.05) is 13.1 Å². The first-order valence-corrected chi connectivity index (χ1v) is 9.23. The van der Waals surface area contributed by atoms with Gasteiger partial charge in [-0.25, -0.2) is 18.1 Å². The zero-order chi connectivity index (χ0) is 16.4. The quantitative estimate of drug-likeness (QED) is 0.860. The minimum absolute atomic E-state index is 0.280. The van der Waals surface area contributed by atoms with E-state index >= 15 is 0 Å². The van der Waals surface area contributed by atoms with E-state index in [2.05, 4.69) is 23.9 Å². The van der Waals surface area contributed by atoms with Crippen LogP contribution in [0.25, 0.3) is 5.82 Å². The molecule has 6 nitrogen and oxygen atoms in total. The summed E-state index contributed by atoms with van der Waals surface area (Å²) in [6.45, 7) is 7.45. The molecule has 2 aromatic heterocycles. The average Bonchev–Trinajstić information content (AvgIpc) is 2.96. The fourth-order valence-corrected chi connectivity index (χ4v) is 5.42. The van der Waals surface area contributed by atoms with Crippen molar-refractivity contribution < 1.29 is 8.42 Å². The van der Waals surface area contributed by atoms with Gasteiger partial charge < -0.3 is 0 Å². The van der Waals surface area contributed by atoms with Gasteiger partial charge in [-0.3, -0.25) is 0 Å². The maximum Gasteiger partial charge on any atom is 0.246 e. The van der Waals surface area contributed by atoms with Gasteiger partial charge in [0.25, 0.3) is 0 Å². The number of nitrogens with zero attached hydrogens (tertiary/aromatic N) is 4. The van der Waals surface area contributed by atoms with Crippen molar-refractivity contribution >= 4 is 10.0 Å². The highest BCUT2D eigenvalue weighted by Crippen LogP contribution is 2.62. The molecule has 0 radical (unpaired) electrons. The minimum Gasteiger partial charge on any atom is -0.237 e. The monoisotopic (exact) mass is 332 g/mol. The van der Waals surface area contributed by atoms with Crippen LogP contribution in [-0.4, -0.2) is 40.6 Å². The summed E-state index contributed by atoms with van der Waals surface area (Å²) in [6.07, 6.45) is 3.11. The van der Waals surface area contributed by atoms with E-state index in [1.165, 1.54) is 6.20 Å². The van der Waals surface area contributed by atoms with Gasteiger partial charge in [-0.1, -0.05) is 19.9 Å². The Morgan fingerprint density at radius 3 is 2.52 bits per heavy atom. The molecule has 2 aromatic rings. The fourth-order valence-electron chi connectivity index (χ4n) is 3.79. The summed E-state index contributed by atoms with van der Waals surface area (Å²) in [6, 6.07) is 5.48. The molecule has 23 heavy (non-hydrogen) atoms. The second kappa shape index (κ2) is 4.64. The third-order valence-electron chi connectivity index (χ3n) is 5.54. The van der Waals surface area contributed by atoms with E-state index in [1.54, 1.807) is 22.1 Å². The first kappa shape index (κ1) is 14.8. The summed E-state index contributed by atoms with van der Waals surface area (Å²) in [5, 5.41) is 4.23. The Hall–Kier alpha value is -1.73. The molecular weight excluding hydrogens is 312 g/mol. The highest BCUT2D eigenvalue weighted by atomic mass is 32.2. The Balaban J connectivity index is 1.65. The third-order valence-corrected chi connectivity index (χ3v) is 7.47. The second-order valence-electron chi connectivity index (χ2n) is 7.05. The molecule has 1 aliphatic carbocycles. The van der Waals surface area contributed by atoms with E-state index in [0.29, 0.717) is 41.9 Å². The van der Waals surface area contributed by atoms with Crippen LogP contribution in [0.1, 0.15) is 19.5 Å². The van der Waals surface area contributed by atoms with Crippen molar-refractivity contribution in [1.29, 1.82) is 0 Å². The molecule has 0 aromatic carbocycles. The van der Waals surface area contributed by atoms with Gasteiger partial charge >= 0.3 is 0 Å². The number of hydrogen-bond donors (Lipinski definition) is 0. The van der Waals surface area contributed by atoms with E-state index in [0.717, 1.165) is 0 Å². The second-order valence-corrected chi connectivity index (χ2v) is 8.96. The molecule has 0 N–H and O–H groups in total. The van der Waals surface area contributed by atoms with Crippen molar-refractivity contribution in [3.63, 3.8) is 0 Å². The summed E-state index contributed by atoms with van der Waals surface area (Å²) < 4.78 is 29.0. The Bertz CT molecular complexity index is 843. The van der Waals surface area contributed by atoms with Gasteiger partial charge in [-0.2, -0.15) is 9.40 Å². The van der Waals surface area contributed by atoms with Crippen LogP contribution in [0.15, 0.2) is 35.5 Å². The summed E-state index contributed by atoms with van der Waals surface area (Å²) >= 11 is 0. The molecule has 1 aliphatic heterocycles. The van der Waals surface area contributed by atoms with E-state index in [4.69, 9.17) is 0 Å². The molecule has 7 heteroatoms. The maximum atomic E-state index is 12.9. The standard InChI is InChI=1S/C16H20N4O2S/c1-11-14(8-18-20(11)15-6-4-5-7-17-15)23(21,22)19-9-12-13(10-19)16(12,2)3/h4-8,12-13H,9-10H2,1-3H3. The molecule has 3 heterocycles. The molecule has 1 saturated carbocycles. The summed E-state index contributed by atoms with van der Waals surface area (Å²) in [5.41, 5.74) is 0.891. The van der Waals surface area contributed by atoms with Crippen molar-refractivity contribution in [2.24, 2.45) is 17.3 Å². The summed E-state index contributed by atoms with van der Waals surface area (Å²) in [4.78, 5) is 4.51. The van der Waals surface area contributed by atoms with Crippen molar-refractivity contribution in [1.82, 2.24) is 19.1 Å². The van der Waals surface area contributed by atoms with Crippen LogP contribution in [0.5, 0.6) is 0 Å². The van der Waals surface area contributed by atoms with Crippen LogP contribution in [-0.2, 0) is 10.0 Å². The first-order valence-electron chi connectivity index (χ1n) is 7.79. The molecule has 1 saturated heterocycles. The molecular formula is C16H20N4O2S. The lowest BCUT2D eigenvalue weighted by molar-refractivity contribution is 0.364. The molecule has 2 unspecified atom stereocenters. The van der Waals surface area contributed by atoms with Gasteiger partial charge in [0, 0.05) is 19.3 Å². The minimum atomic E-state index is -3.49. The predicted octanol–water partition coefficient (Wildman–Crippen LogP) is 1.85. The molecule has 122 valence electrons. The molecule has 2 fully saturated rings. The largest absolute Gasteiger partial charge is 0.246 e. The topological polar surface area (TPSA) is 68.1 Å². The van der Waals surface area contributed by atoms with E-state index in [-0.39, 0.29) is 4.90 Å². The van der Waals surface area contributed by atoms with E-state index < -0.39 is 10.0 Å². The molecule has 0 amide bonds. The Kier molecular flexibility index (Phi) is 2.99. The van der Waals surface area contributed by atoms with E-state index in [9.17, 15) is 8.42 Å². The van der Waals surface area contributed by atoms with Gasteiger partial charge in [-0.05, 0) is 36.3 Å². The highest BCUT2D eigenvalue weighted by Gasteiger charge is 2.63. The Labute approximate surface area is 136 Å². The normalized spacial score (nSPS) is 26.2. The first-order chi connectivity index (χ1) is 10.8. The van der Waals surface area contributed by atoms with Crippen LogP contribution in [0, 0.1) is 24.2 Å². The van der Waals surface area contributed by atoms with Crippen LogP contribution in [0.4, 0.5) is 0 Å². The van der Waals surface area contributed by atoms with Crippen LogP contribution in [0.2, 0.25) is 0 Å². The van der Waals surface area contributed by atoms with Crippen molar-refractivity contribution in [3.05, 3.63) is 36.3 Å². The fraction of sp³-hybridized carbons (Fsp3) is 0.500. The van der Waals surface area contributed by atoms with Gasteiger partial charge in [-0.15, -0.1) is 0 Å². The number of sulfonamides is 1. The van der Waals surface area contributed by atoms with Crippen molar-refractivity contribution in [3.8, 4) is 5.82 Å². The smallest absolute Gasteiger partial charge is 0.237 e. The number of hydrogen-bond acceptors (Lipinski definition) is 4. The number of aromatic nitrogens is 3. The number of pyridine rings is 1. The zero-order valence-corrected chi connectivity index (χ0v) is 14.3. The summed E-state index contributed by atoms with van der Waals surface area (Å²) in [7, 11) is -3.49. The van der Waals surface area contributed by atoms with Gasteiger partial charge in [0.05, 0.1) is 11.9 Å².